The molecule has 0 radical (unpaired) electrons. The minimum atomic E-state index is -5.45. The van der Waals surface area contributed by atoms with Crippen molar-refractivity contribution in [3.63, 3.8) is 0 Å². The topological polar surface area (TPSA) is 78.4 Å². The monoisotopic (exact) mass is 596 g/mol. The van der Waals surface area contributed by atoms with Crippen LogP contribution in [0.2, 0.25) is 0 Å². The van der Waals surface area contributed by atoms with Crippen LogP contribution in [0.1, 0.15) is 50.6 Å². The Kier molecular flexibility index (Phi) is 7.88. The second kappa shape index (κ2) is 10.2. The molecule has 1 fully saturated rings. The number of carboxylic acids is 1. The summed E-state index contributed by atoms with van der Waals surface area (Å²) in [5.41, 5.74) is -12.0. The van der Waals surface area contributed by atoms with Gasteiger partial charge in [0.1, 0.15) is 12.0 Å². The van der Waals surface area contributed by atoms with Crippen LogP contribution < -0.4 is 10.6 Å². The zero-order chi connectivity index (χ0) is 30.5. The molecule has 220 valence electrons. The van der Waals surface area contributed by atoms with Crippen molar-refractivity contribution in [2.45, 2.75) is 42.6 Å². The fraction of sp³-hybridized carbons (Fsp3) is 0.391. The molecule has 2 unspecified atom stereocenters. The average molecular weight is 596 g/mol. The highest BCUT2D eigenvalue weighted by Gasteiger charge is 2.60. The molecule has 1 aliphatic rings. The lowest BCUT2D eigenvalue weighted by molar-refractivity contribution is -0.186. The van der Waals surface area contributed by atoms with Crippen LogP contribution in [0.25, 0.3) is 0 Å². The maximum Gasteiger partial charge on any atom is 0.417 e. The van der Waals surface area contributed by atoms with Crippen LogP contribution in [-0.2, 0) is 28.7 Å². The van der Waals surface area contributed by atoms with Gasteiger partial charge in [0.2, 0.25) is 0 Å². The summed E-state index contributed by atoms with van der Waals surface area (Å²) in [6.07, 6.45) is -22.9. The van der Waals surface area contributed by atoms with Gasteiger partial charge < -0.3 is 15.7 Å². The van der Waals surface area contributed by atoms with Gasteiger partial charge in [0, 0.05) is 12.6 Å². The van der Waals surface area contributed by atoms with Crippen molar-refractivity contribution in [3.8, 4) is 0 Å². The molecular weight excluding hydrogens is 580 g/mol. The Morgan fingerprint density at radius 1 is 0.850 bits per heavy atom. The molecule has 1 saturated heterocycles. The number of nitrogens with one attached hydrogen (secondary N) is 2. The number of halogens is 12. The van der Waals surface area contributed by atoms with Gasteiger partial charge >= 0.3 is 30.7 Å². The van der Waals surface area contributed by atoms with Gasteiger partial charge in [-0.2, -0.15) is 52.7 Å². The molecule has 1 amide bonds. The molecule has 1 heterocycles. The Labute approximate surface area is 216 Å². The van der Waals surface area contributed by atoms with E-state index in [0.717, 1.165) is 6.07 Å². The molecule has 0 saturated carbocycles. The summed E-state index contributed by atoms with van der Waals surface area (Å²) in [6.45, 7) is -2.32. The average Bonchev–Trinajstić information content (AvgIpc) is 3.27. The Hall–Kier alpha value is -3.50. The molecule has 0 spiro atoms. The highest BCUT2D eigenvalue weighted by molar-refractivity contribution is 5.97. The highest BCUT2D eigenvalue weighted by Crippen LogP contribution is 2.52. The quantitative estimate of drug-likeness (QED) is 0.365. The molecule has 3 N–H and O–H groups in total. The number of hydrogen-bond donors (Lipinski definition) is 3. The molecule has 3 rings (SSSR count). The summed E-state index contributed by atoms with van der Waals surface area (Å²) in [5, 5.41) is 12.5. The normalized spacial score (nSPS) is 20.4. The maximum absolute atomic E-state index is 14.4. The van der Waals surface area contributed by atoms with Crippen LogP contribution in [0, 0.1) is 0 Å². The number of carboxylic acid groups (broad SMARTS) is 1. The van der Waals surface area contributed by atoms with Crippen molar-refractivity contribution in [2.75, 3.05) is 13.1 Å². The van der Waals surface area contributed by atoms with E-state index in [1.165, 1.54) is 0 Å². The molecule has 1 aliphatic heterocycles. The van der Waals surface area contributed by atoms with Gasteiger partial charge in [0.25, 0.3) is 5.91 Å². The molecule has 17 heteroatoms. The van der Waals surface area contributed by atoms with E-state index in [2.05, 4.69) is 5.32 Å². The van der Waals surface area contributed by atoms with E-state index >= 15 is 0 Å². The fourth-order valence-corrected chi connectivity index (χ4v) is 4.32. The molecule has 2 aromatic carbocycles. The van der Waals surface area contributed by atoms with Crippen LogP contribution >= 0.6 is 0 Å². The number of carbonyl (C=O) groups is 2. The summed E-state index contributed by atoms with van der Waals surface area (Å²) in [6, 6.07) is -0.487. The van der Waals surface area contributed by atoms with Gasteiger partial charge in [0.15, 0.2) is 0 Å². The number of amides is 1. The first-order valence-electron chi connectivity index (χ1n) is 10.9. The maximum atomic E-state index is 14.4. The van der Waals surface area contributed by atoms with E-state index in [1.54, 1.807) is 5.32 Å². The molecular formula is C23H16F12N2O3. The van der Waals surface area contributed by atoms with E-state index in [1.807, 2.05) is 0 Å². The minimum Gasteiger partial charge on any atom is -0.480 e. The third kappa shape index (κ3) is 6.28. The number of alkyl halides is 12. The van der Waals surface area contributed by atoms with Gasteiger partial charge in [-0.05, 0) is 47.9 Å². The first kappa shape index (κ1) is 31.0. The van der Waals surface area contributed by atoms with Crippen LogP contribution in [0.3, 0.4) is 0 Å². The van der Waals surface area contributed by atoms with Crippen molar-refractivity contribution in [2.24, 2.45) is 0 Å². The molecule has 40 heavy (non-hydrogen) atoms. The molecule has 0 aromatic heterocycles. The largest absolute Gasteiger partial charge is 0.480 e. The van der Waals surface area contributed by atoms with Crippen LogP contribution in [0.5, 0.6) is 0 Å². The van der Waals surface area contributed by atoms with Crippen molar-refractivity contribution in [1.29, 1.82) is 0 Å². The van der Waals surface area contributed by atoms with E-state index in [4.69, 9.17) is 5.11 Å². The number of hydrogen-bond acceptors (Lipinski definition) is 3. The molecule has 0 aliphatic carbocycles. The van der Waals surface area contributed by atoms with Gasteiger partial charge in [-0.1, -0.05) is 6.07 Å². The lowest BCUT2D eigenvalue weighted by Crippen LogP contribution is -2.44. The summed E-state index contributed by atoms with van der Waals surface area (Å²) < 4.78 is 164. The van der Waals surface area contributed by atoms with Crippen molar-refractivity contribution < 1.29 is 67.4 Å². The van der Waals surface area contributed by atoms with Gasteiger partial charge in [-0.25, -0.2) is 0 Å². The van der Waals surface area contributed by atoms with Crippen molar-refractivity contribution in [1.82, 2.24) is 10.6 Å². The van der Waals surface area contributed by atoms with Gasteiger partial charge in [0.05, 0.1) is 22.3 Å². The third-order valence-electron chi connectivity index (χ3n) is 6.28. The smallest absolute Gasteiger partial charge is 0.417 e. The van der Waals surface area contributed by atoms with Crippen LogP contribution in [-0.4, -0.2) is 36.2 Å². The zero-order valence-corrected chi connectivity index (χ0v) is 19.5. The summed E-state index contributed by atoms with van der Waals surface area (Å²) >= 11 is 0. The SMILES string of the molecule is O=C(O)CNC(=O)c1ccc(C2CC(c3cc(C(F)(F)F)cc(C(F)(F)F)c3)(C(F)(F)F)CN2)cc1C(F)(F)F. The van der Waals surface area contributed by atoms with Gasteiger partial charge in [-0.15, -0.1) is 0 Å². The number of aliphatic carboxylic acids is 1. The molecule has 5 nitrogen and oxygen atoms in total. The van der Waals surface area contributed by atoms with E-state index in [9.17, 15) is 62.3 Å². The van der Waals surface area contributed by atoms with Crippen LogP contribution in [0.15, 0.2) is 36.4 Å². The lowest BCUT2D eigenvalue weighted by Gasteiger charge is -2.33. The number of carbonyl (C=O) groups excluding carboxylic acids is 1. The third-order valence-corrected chi connectivity index (χ3v) is 6.28. The Bertz CT molecular complexity index is 1270. The van der Waals surface area contributed by atoms with Crippen molar-refractivity contribution >= 4 is 11.9 Å². The highest BCUT2D eigenvalue weighted by atomic mass is 19.4. The molecule has 2 atom stereocenters. The molecule has 0 bridgehead atoms. The summed E-state index contributed by atoms with van der Waals surface area (Å²) in [5.74, 6) is -3.05. The molecule has 2 aromatic rings. The Balaban J connectivity index is 2.11. The lowest BCUT2D eigenvalue weighted by atomic mass is 9.75. The predicted octanol–water partition coefficient (Wildman–Crippen LogP) is 6.09. The number of benzene rings is 2. The summed E-state index contributed by atoms with van der Waals surface area (Å²) in [7, 11) is 0. The van der Waals surface area contributed by atoms with Crippen LogP contribution in [0.4, 0.5) is 52.7 Å². The first-order valence-corrected chi connectivity index (χ1v) is 10.9. The second-order valence-electron chi connectivity index (χ2n) is 8.89. The van der Waals surface area contributed by atoms with E-state index < -0.39 is 101 Å². The minimum absolute atomic E-state index is 0.0795. The van der Waals surface area contributed by atoms with E-state index in [-0.39, 0.29) is 18.2 Å². The van der Waals surface area contributed by atoms with E-state index in [0.29, 0.717) is 12.1 Å². The summed E-state index contributed by atoms with van der Waals surface area (Å²) in [4.78, 5) is 22.7. The fourth-order valence-electron chi connectivity index (χ4n) is 4.32. The zero-order valence-electron chi connectivity index (χ0n) is 19.5. The second-order valence-corrected chi connectivity index (χ2v) is 8.89. The Morgan fingerprint density at radius 2 is 1.40 bits per heavy atom. The Morgan fingerprint density at radius 3 is 1.85 bits per heavy atom. The van der Waals surface area contributed by atoms with Gasteiger partial charge in [-0.3, -0.25) is 9.59 Å². The van der Waals surface area contributed by atoms with Crippen molar-refractivity contribution in [3.05, 3.63) is 69.8 Å². The standard InChI is InChI=1S/C23H16F12N2O3/c24-20(25,26)12-4-11(5-13(6-12)21(27,28)29)19(23(33,34)35)7-16(37-9-19)10-1-2-14(15(3-10)22(30,31)32)18(40)36-8-17(38)39/h1-6,16,37H,7-9H2,(H,36,40)(H,38,39). The predicted molar refractivity (Wildman–Crippen MR) is 111 cm³/mol. The first-order chi connectivity index (χ1) is 18.1. The number of rotatable bonds is 5.